The van der Waals surface area contributed by atoms with Crippen LogP contribution in [0.3, 0.4) is 0 Å². The highest BCUT2D eigenvalue weighted by molar-refractivity contribution is 7.99. The van der Waals surface area contributed by atoms with Gasteiger partial charge in [-0.2, -0.15) is 0 Å². The van der Waals surface area contributed by atoms with Crippen molar-refractivity contribution in [3.63, 3.8) is 0 Å². The standard InChI is InChI=1S/C14H22N4OS/c1-2-3-10-19-11-7-15-8-12-20-14-17-16-13-6-4-5-9-18(13)14/h4-6,9,15H,2-3,7-8,10-12H2,1H3. The van der Waals surface area contributed by atoms with Crippen molar-refractivity contribution in [2.45, 2.75) is 24.9 Å². The average Bonchev–Trinajstić information content (AvgIpc) is 2.89. The molecule has 6 heteroatoms. The molecule has 2 aromatic heterocycles. The highest BCUT2D eigenvalue weighted by Gasteiger charge is 2.03. The first-order chi connectivity index (χ1) is 9.92. The molecule has 0 spiro atoms. The van der Waals surface area contributed by atoms with Crippen LogP contribution in [0.1, 0.15) is 19.8 Å². The van der Waals surface area contributed by atoms with Crippen LogP contribution in [0.2, 0.25) is 0 Å². The Balaban J connectivity index is 1.57. The molecule has 0 saturated carbocycles. The van der Waals surface area contributed by atoms with Crippen LogP contribution >= 0.6 is 11.8 Å². The summed E-state index contributed by atoms with van der Waals surface area (Å²) in [5.41, 5.74) is 0.896. The summed E-state index contributed by atoms with van der Waals surface area (Å²) >= 11 is 1.71. The van der Waals surface area contributed by atoms with Crippen molar-refractivity contribution in [3.8, 4) is 0 Å². The zero-order valence-corrected chi connectivity index (χ0v) is 12.7. The van der Waals surface area contributed by atoms with Crippen molar-refractivity contribution in [2.24, 2.45) is 0 Å². The quantitative estimate of drug-likeness (QED) is 0.538. The van der Waals surface area contributed by atoms with Crippen molar-refractivity contribution in [1.82, 2.24) is 19.9 Å². The molecule has 2 aromatic rings. The molecule has 1 N–H and O–H groups in total. The SMILES string of the molecule is CCCCOCCNCCSc1nnc2ccccn12. The van der Waals surface area contributed by atoms with Crippen molar-refractivity contribution in [3.05, 3.63) is 24.4 Å². The highest BCUT2D eigenvalue weighted by atomic mass is 32.2. The monoisotopic (exact) mass is 294 g/mol. The highest BCUT2D eigenvalue weighted by Crippen LogP contribution is 2.15. The lowest BCUT2D eigenvalue weighted by molar-refractivity contribution is 0.133. The number of thioether (sulfide) groups is 1. The Labute approximate surface area is 124 Å². The van der Waals surface area contributed by atoms with Crippen molar-refractivity contribution in [1.29, 1.82) is 0 Å². The third-order valence-electron chi connectivity index (χ3n) is 2.86. The number of nitrogens with one attached hydrogen (secondary N) is 1. The number of pyridine rings is 1. The maximum absolute atomic E-state index is 5.49. The molecule has 0 radical (unpaired) electrons. The maximum atomic E-state index is 5.49. The number of hydrogen-bond acceptors (Lipinski definition) is 5. The Kier molecular flexibility index (Phi) is 6.83. The second kappa shape index (κ2) is 8.94. The van der Waals surface area contributed by atoms with Crippen LogP contribution in [0.15, 0.2) is 29.6 Å². The third kappa shape index (κ3) is 4.77. The van der Waals surface area contributed by atoms with Gasteiger partial charge in [-0.05, 0) is 18.6 Å². The van der Waals surface area contributed by atoms with E-state index in [1.807, 2.05) is 28.8 Å². The zero-order valence-electron chi connectivity index (χ0n) is 11.9. The van der Waals surface area contributed by atoms with Crippen LogP contribution in [-0.4, -0.2) is 46.7 Å². The molecule has 2 rings (SSSR count). The van der Waals surface area contributed by atoms with Crippen LogP contribution in [-0.2, 0) is 4.74 Å². The summed E-state index contributed by atoms with van der Waals surface area (Å²) in [7, 11) is 0. The lowest BCUT2D eigenvalue weighted by Crippen LogP contribution is -2.22. The van der Waals surface area contributed by atoms with Gasteiger partial charge in [0.05, 0.1) is 6.61 Å². The van der Waals surface area contributed by atoms with Gasteiger partial charge in [0.25, 0.3) is 0 Å². The zero-order chi connectivity index (χ0) is 14.0. The van der Waals surface area contributed by atoms with Crippen LogP contribution < -0.4 is 5.32 Å². The molecule has 0 aliphatic carbocycles. The van der Waals surface area contributed by atoms with Gasteiger partial charge in [0, 0.05) is 31.6 Å². The van der Waals surface area contributed by atoms with Gasteiger partial charge < -0.3 is 10.1 Å². The van der Waals surface area contributed by atoms with Gasteiger partial charge >= 0.3 is 0 Å². The number of ether oxygens (including phenoxy) is 1. The molecule has 0 atom stereocenters. The Morgan fingerprint density at radius 3 is 3.10 bits per heavy atom. The van der Waals surface area contributed by atoms with Crippen molar-refractivity contribution < 1.29 is 4.74 Å². The Hall–Kier alpha value is -1.11. The first kappa shape index (κ1) is 15.3. The van der Waals surface area contributed by atoms with E-state index in [1.165, 1.54) is 6.42 Å². The molecule has 2 heterocycles. The molecule has 0 aliphatic heterocycles. The molecular formula is C14H22N4OS. The molecule has 110 valence electrons. The van der Waals surface area contributed by atoms with E-state index in [2.05, 4.69) is 22.4 Å². The topological polar surface area (TPSA) is 51.5 Å². The van der Waals surface area contributed by atoms with E-state index in [1.54, 1.807) is 11.8 Å². The van der Waals surface area contributed by atoms with E-state index in [0.717, 1.165) is 49.3 Å². The largest absolute Gasteiger partial charge is 0.380 e. The van der Waals surface area contributed by atoms with Crippen molar-refractivity contribution >= 4 is 17.4 Å². The van der Waals surface area contributed by atoms with Gasteiger partial charge in [0.15, 0.2) is 10.8 Å². The van der Waals surface area contributed by atoms with Gasteiger partial charge in [-0.1, -0.05) is 31.2 Å². The summed E-state index contributed by atoms with van der Waals surface area (Å²) < 4.78 is 7.50. The molecule has 5 nitrogen and oxygen atoms in total. The molecule has 0 unspecified atom stereocenters. The minimum Gasteiger partial charge on any atom is -0.380 e. The Morgan fingerprint density at radius 2 is 2.20 bits per heavy atom. The average molecular weight is 294 g/mol. The smallest absolute Gasteiger partial charge is 0.195 e. The number of unbranched alkanes of at least 4 members (excludes halogenated alkanes) is 1. The van der Waals surface area contributed by atoms with Crippen LogP contribution in [0.25, 0.3) is 5.65 Å². The van der Waals surface area contributed by atoms with Gasteiger partial charge in [-0.15, -0.1) is 10.2 Å². The van der Waals surface area contributed by atoms with E-state index in [0.29, 0.717) is 0 Å². The van der Waals surface area contributed by atoms with Crippen LogP contribution in [0.4, 0.5) is 0 Å². The molecule has 0 fully saturated rings. The fraction of sp³-hybridized carbons (Fsp3) is 0.571. The molecule has 0 saturated heterocycles. The van der Waals surface area contributed by atoms with Gasteiger partial charge in [0.2, 0.25) is 0 Å². The van der Waals surface area contributed by atoms with Crippen LogP contribution in [0.5, 0.6) is 0 Å². The molecule has 0 bridgehead atoms. The Morgan fingerprint density at radius 1 is 1.25 bits per heavy atom. The van der Waals surface area contributed by atoms with Gasteiger partial charge in [-0.25, -0.2) is 0 Å². The molecular weight excluding hydrogens is 272 g/mol. The summed E-state index contributed by atoms with van der Waals surface area (Å²) in [5.74, 6) is 0.977. The van der Waals surface area contributed by atoms with Gasteiger partial charge in [0.1, 0.15) is 0 Å². The van der Waals surface area contributed by atoms with Crippen molar-refractivity contribution in [2.75, 3.05) is 32.1 Å². The molecule has 0 aromatic carbocycles. The summed E-state index contributed by atoms with van der Waals surface area (Å²) in [6.45, 7) is 5.69. The first-order valence-electron chi connectivity index (χ1n) is 7.13. The second-order valence-corrected chi connectivity index (χ2v) is 5.54. The summed E-state index contributed by atoms with van der Waals surface area (Å²) in [6.07, 6.45) is 4.33. The minimum absolute atomic E-state index is 0.790. The lowest BCUT2D eigenvalue weighted by atomic mass is 10.4. The minimum atomic E-state index is 0.790. The lowest BCUT2D eigenvalue weighted by Gasteiger charge is -2.05. The number of nitrogens with zero attached hydrogens (tertiary/aromatic N) is 3. The fourth-order valence-electron chi connectivity index (χ4n) is 1.75. The number of rotatable bonds is 10. The first-order valence-corrected chi connectivity index (χ1v) is 8.11. The summed E-state index contributed by atoms with van der Waals surface area (Å²) in [5, 5.41) is 12.6. The predicted molar refractivity (Wildman–Crippen MR) is 82.3 cm³/mol. The Bertz CT molecular complexity index is 503. The summed E-state index contributed by atoms with van der Waals surface area (Å²) in [6, 6.07) is 5.92. The number of hydrogen-bond donors (Lipinski definition) is 1. The van der Waals surface area contributed by atoms with E-state index in [4.69, 9.17) is 4.74 Å². The summed E-state index contributed by atoms with van der Waals surface area (Å²) in [4.78, 5) is 0. The maximum Gasteiger partial charge on any atom is 0.195 e. The van der Waals surface area contributed by atoms with Gasteiger partial charge in [-0.3, -0.25) is 4.40 Å². The number of aromatic nitrogens is 3. The normalized spacial score (nSPS) is 11.2. The van der Waals surface area contributed by atoms with E-state index < -0.39 is 0 Å². The van der Waals surface area contributed by atoms with E-state index in [-0.39, 0.29) is 0 Å². The molecule has 0 amide bonds. The number of fused-ring (bicyclic) bond motifs is 1. The van der Waals surface area contributed by atoms with Crippen LogP contribution in [0, 0.1) is 0 Å². The fourth-order valence-corrected chi connectivity index (χ4v) is 2.57. The molecule has 0 aliphatic rings. The van der Waals surface area contributed by atoms with E-state index >= 15 is 0 Å². The second-order valence-electron chi connectivity index (χ2n) is 4.48. The molecule has 20 heavy (non-hydrogen) atoms. The van der Waals surface area contributed by atoms with E-state index in [9.17, 15) is 0 Å². The third-order valence-corrected chi connectivity index (χ3v) is 3.80. The predicted octanol–water partition coefficient (Wildman–Crippen LogP) is 2.23.